The number of carboxylic acid groups (broad SMARTS) is 2. The Morgan fingerprint density at radius 1 is 0.667 bits per heavy atom. The van der Waals surface area contributed by atoms with E-state index in [1.54, 1.807) is 12.1 Å². The Morgan fingerprint density at radius 2 is 0.958 bits per heavy atom. The van der Waals surface area contributed by atoms with Gasteiger partial charge in [0.25, 0.3) is 0 Å². The Labute approximate surface area is 136 Å². The molecule has 0 spiro atoms. The van der Waals surface area contributed by atoms with Gasteiger partial charge < -0.3 is 20.4 Å². The van der Waals surface area contributed by atoms with Crippen LogP contribution in [-0.2, 0) is 9.59 Å². The summed E-state index contributed by atoms with van der Waals surface area (Å²) in [5, 5.41) is 40.5. The predicted molar refractivity (Wildman–Crippen MR) is 83.0 cm³/mol. The van der Waals surface area contributed by atoms with Crippen molar-refractivity contribution in [1.29, 1.82) is 0 Å². The molecule has 0 aliphatic carbocycles. The van der Waals surface area contributed by atoms with Gasteiger partial charge in [-0.3, -0.25) is 9.80 Å². The van der Waals surface area contributed by atoms with E-state index in [-0.39, 0.29) is 11.4 Å². The third-order valence-electron chi connectivity index (χ3n) is 3.85. The molecule has 24 heavy (non-hydrogen) atoms. The predicted octanol–water partition coefficient (Wildman–Crippen LogP) is 0.475. The van der Waals surface area contributed by atoms with Gasteiger partial charge in [0.15, 0.2) is 0 Å². The number of hydrogen-bond donors (Lipinski definition) is 4. The normalized spacial score (nSPS) is 25.9. The number of para-hydroxylation sites is 2. The van der Waals surface area contributed by atoms with Crippen molar-refractivity contribution in [2.45, 2.75) is 11.7 Å². The molecule has 2 aromatic carbocycles. The van der Waals surface area contributed by atoms with Gasteiger partial charge in [0.2, 0.25) is 0 Å². The van der Waals surface area contributed by atoms with Crippen LogP contribution in [0.4, 0.5) is 11.4 Å². The maximum atomic E-state index is 11.7. The molecule has 124 valence electrons. The van der Waals surface area contributed by atoms with Gasteiger partial charge >= 0.3 is 23.6 Å². The third-order valence-corrected chi connectivity index (χ3v) is 3.85. The number of benzene rings is 2. The highest BCUT2D eigenvalue weighted by atomic mass is 16.5. The third kappa shape index (κ3) is 1.87. The lowest BCUT2D eigenvalue weighted by molar-refractivity contribution is -0.210. The minimum absolute atomic E-state index is 0.0412. The molecular formula is C16H14N2O6. The summed E-state index contributed by atoms with van der Waals surface area (Å²) in [7, 11) is 0. The van der Waals surface area contributed by atoms with E-state index in [4.69, 9.17) is 0 Å². The van der Waals surface area contributed by atoms with Crippen LogP contribution in [0.5, 0.6) is 0 Å². The zero-order valence-corrected chi connectivity index (χ0v) is 12.3. The number of anilines is 2. The number of carbonyl (C=O) groups is 2. The van der Waals surface area contributed by atoms with Gasteiger partial charge in [0.05, 0.1) is 0 Å². The molecule has 0 bridgehead atoms. The number of carboxylic acids is 2. The fourth-order valence-electron chi connectivity index (χ4n) is 2.85. The van der Waals surface area contributed by atoms with Crippen LogP contribution in [0.1, 0.15) is 0 Å². The molecule has 0 aromatic heterocycles. The average Bonchev–Trinajstić information content (AvgIpc) is 2.56. The standard InChI is InChI=1S/C16H14N2O6/c19-13(20)15(23)17(11-7-3-1-4-8-11)16(24,14(21)22)18(15)12-9-5-2-6-10-12/h1-10,23-24H,(H,19,20)(H,21,22). The van der Waals surface area contributed by atoms with Crippen LogP contribution in [-0.4, -0.2) is 44.1 Å². The van der Waals surface area contributed by atoms with Crippen LogP contribution in [0.3, 0.4) is 0 Å². The fourth-order valence-corrected chi connectivity index (χ4v) is 2.85. The Kier molecular flexibility index (Phi) is 3.43. The van der Waals surface area contributed by atoms with Crippen molar-refractivity contribution in [3.05, 3.63) is 60.7 Å². The van der Waals surface area contributed by atoms with Gasteiger partial charge in [0, 0.05) is 11.4 Å². The summed E-state index contributed by atoms with van der Waals surface area (Å²) in [5.74, 6) is -8.98. The minimum Gasteiger partial charge on any atom is -0.476 e. The van der Waals surface area contributed by atoms with E-state index in [0.717, 1.165) is 0 Å². The van der Waals surface area contributed by atoms with Gasteiger partial charge in [0.1, 0.15) is 0 Å². The summed E-state index contributed by atoms with van der Waals surface area (Å²) in [5.41, 5.74) is 0.0824. The van der Waals surface area contributed by atoms with Gasteiger partial charge in [-0.2, -0.15) is 0 Å². The van der Waals surface area contributed by atoms with E-state index in [1.807, 2.05) is 0 Å². The second kappa shape index (κ2) is 5.22. The molecule has 4 N–H and O–H groups in total. The first-order chi connectivity index (χ1) is 11.3. The summed E-state index contributed by atoms with van der Waals surface area (Å²) >= 11 is 0. The monoisotopic (exact) mass is 330 g/mol. The van der Waals surface area contributed by atoms with E-state index in [1.165, 1.54) is 48.5 Å². The van der Waals surface area contributed by atoms with Gasteiger partial charge in [-0.25, -0.2) is 9.59 Å². The van der Waals surface area contributed by atoms with Crippen molar-refractivity contribution in [1.82, 2.24) is 0 Å². The Bertz CT molecular complexity index is 704. The SMILES string of the molecule is O=C(O)C1(O)N(c2ccccc2)C(O)(C(=O)O)N1c1ccccc1. The molecule has 8 nitrogen and oxygen atoms in total. The number of aliphatic hydroxyl groups is 2. The maximum absolute atomic E-state index is 11.7. The second-order valence-corrected chi connectivity index (χ2v) is 5.22. The van der Waals surface area contributed by atoms with Crippen molar-refractivity contribution >= 4 is 23.3 Å². The van der Waals surface area contributed by atoms with Crippen LogP contribution in [0, 0.1) is 0 Å². The first-order valence-electron chi connectivity index (χ1n) is 6.97. The molecule has 0 amide bonds. The second-order valence-electron chi connectivity index (χ2n) is 5.22. The van der Waals surface area contributed by atoms with Crippen molar-refractivity contribution in [2.24, 2.45) is 0 Å². The summed E-state index contributed by atoms with van der Waals surface area (Å²) in [6.07, 6.45) is 0. The van der Waals surface area contributed by atoms with Crippen LogP contribution in [0.25, 0.3) is 0 Å². The molecule has 1 aliphatic heterocycles. The van der Waals surface area contributed by atoms with Crippen LogP contribution >= 0.6 is 0 Å². The zero-order chi connectivity index (χ0) is 17.5. The van der Waals surface area contributed by atoms with E-state index in [0.29, 0.717) is 9.80 Å². The highest BCUT2D eigenvalue weighted by Gasteiger charge is 2.76. The number of aliphatic carboxylic acids is 2. The summed E-state index contributed by atoms with van der Waals surface area (Å²) < 4.78 is 0. The van der Waals surface area contributed by atoms with Crippen molar-refractivity contribution in [2.75, 3.05) is 9.80 Å². The highest BCUT2D eigenvalue weighted by Crippen LogP contribution is 2.48. The smallest absolute Gasteiger partial charge is 0.380 e. The topological polar surface area (TPSA) is 122 Å². The first kappa shape index (κ1) is 15.8. The zero-order valence-electron chi connectivity index (χ0n) is 12.3. The molecule has 0 atom stereocenters. The molecule has 0 unspecified atom stereocenters. The molecular weight excluding hydrogens is 316 g/mol. The van der Waals surface area contributed by atoms with E-state index >= 15 is 0 Å². The first-order valence-corrected chi connectivity index (χ1v) is 6.97. The molecule has 1 aliphatic rings. The number of nitrogens with zero attached hydrogens (tertiary/aromatic N) is 2. The molecule has 3 rings (SSSR count). The van der Waals surface area contributed by atoms with E-state index in [9.17, 15) is 30.0 Å². The fraction of sp³-hybridized carbons (Fsp3) is 0.125. The quantitative estimate of drug-likeness (QED) is 0.638. The number of rotatable bonds is 4. The Hall–Kier alpha value is -3.10. The Balaban J connectivity index is 2.22. The molecule has 1 fully saturated rings. The minimum atomic E-state index is -2.77. The average molecular weight is 330 g/mol. The lowest BCUT2D eigenvalue weighted by Gasteiger charge is -2.64. The largest absolute Gasteiger partial charge is 0.476 e. The van der Waals surface area contributed by atoms with Gasteiger partial charge in [-0.1, -0.05) is 36.4 Å². The van der Waals surface area contributed by atoms with E-state index < -0.39 is 23.6 Å². The summed E-state index contributed by atoms with van der Waals surface area (Å²) in [6, 6.07) is 15.0. The molecule has 0 saturated carbocycles. The lowest BCUT2D eigenvalue weighted by atomic mass is 10.00. The number of hydrogen-bond acceptors (Lipinski definition) is 6. The maximum Gasteiger partial charge on any atom is 0.380 e. The lowest BCUT2D eigenvalue weighted by Crippen LogP contribution is -2.93. The summed E-state index contributed by atoms with van der Waals surface area (Å²) in [4.78, 5) is 24.6. The molecule has 1 heterocycles. The molecule has 1 saturated heterocycles. The van der Waals surface area contributed by atoms with Crippen LogP contribution < -0.4 is 9.80 Å². The van der Waals surface area contributed by atoms with E-state index in [2.05, 4.69) is 0 Å². The molecule has 8 heteroatoms. The van der Waals surface area contributed by atoms with Gasteiger partial charge in [-0.05, 0) is 24.3 Å². The van der Waals surface area contributed by atoms with Crippen molar-refractivity contribution < 1.29 is 30.0 Å². The van der Waals surface area contributed by atoms with Crippen LogP contribution in [0.15, 0.2) is 60.7 Å². The van der Waals surface area contributed by atoms with Crippen molar-refractivity contribution in [3.8, 4) is 0 Å². The molecule has 0 radical (unpaired) electrons. The van der Waals surface area contributed by atoms with Crippen LogP contribution in [0.2, 0.25) is 0 Å². The highest BCUT2D eigenvalue weighted by molar-refractivity contribution is 6.00. The van der Waals surface area contributed by atoms with Gasteiger partial charge in [-0.15, -0.1) is 0 Å². The van der Waals surface area contributed by atoms with Crippen molar-refractivity contribution in [3.63, 3.8) is 0 Å². The molecule has 2 aromatic rings. The summed E-state index contributed by atoms with van der Waals surface area (Å²) in [6.45, 7) is 0. The Morgan fingerprint density at radius 3 is 1.21 bits per heavy atom.